The summed E-state index contributed by atoms with van der Waals surface area (Å²) in [4.78, 5) is 40.3. The average molecular weight is 401 g/mol. The van der Waals surface area contributed by atoms with Crippen LogP contribution in [0.1, 0.15) is 26.3 Å². The van der Waals surface area contributed by atoms with Crippen LogP contribution in [0.15, 0.2) is 22.7 Å². The number of nitrogens with zero attached hydrogens (tertiary/aromatic N) is 1. The molecule has 24 heavy (non-hydrogen) atoms. The molecule has 0 spiro atoms. The first-order chi connectivity index (χ1) is 11.1. The van der Waals surface area contributed by atoms with Gasteiger partial charge in [-0.15, -0.1) is 5.06 Å². The zero-order valence-electron chi connectivity index (χ0n) is 13.3. The van der Waals surface area contributed by atoms with Crippen molar-refractivity contribution >= 4 is 39.8 Å². The van der Waals surface area contributed by atoms with Gasteiger partial charge in [-0.25, -0.2) is 9.59 Å². The van der Waals surface area contributed by atoms with Gasteiger partial charge in [0, 0.05) is 10.9 Å². The summed E-state index contributed by atoms with van der Waals surface area (Å²) in [6.45, 7) is 4.98. The number of fused-ring (bicyclic) bond motifs is 1. The maximum absolute atomic E-state index is 12.5. The molecule has 2 rings (SSSR count). The van der Waals surface area contributed by atoms with E-state index in [-0.39, 0.29) is 6.42 Å². The summed E-state index contributed by atoms with van der Waals surface area (Å²) in [6, 6.07) is 4.01. The minimum absolute atomic E-state index is 0.155. The topological polar surface area (TPSA) is 105 Å². The second kappa shape index (κ2) is 6.68. The molecule has 1 heterocycles. The van der Waals surface area contributed by atoms with Gasteiger partial charge in [0.1, 0.15) is 11.6 Å². The Bertz CT molecular complexity index is 685. The number of ether oxygens (including phenoxy) is 1. The van der Waals surface area contributed by atoms with Crippen LogP contribution in [0.5, 0.6) is 0 Å². The molecule has 1 aromatic carbocycles. The molecule has 0 bridgehead atoms. The number of benzene rings is 1. The molecule has 9 heteroatoms. The molecular formula is C15H17BrN2O6. The highest BCUT2D eigenvalue weighted by Crippen LogP contribution is 2.31. The van der Waals surface area contributed by atoms with Gasteiger partial charge in [-0.2, -0.15) is 0 Å². The summed E-state index contributed by atoms with van der Waals surface area (Å²) < 4.78 is 5.72. The summed E-state index contributed by atoms with van der Waals surface area (Å²) in [6.07, 6.45) is -2.24. The fraction of sp³-hybridized carbons (Fsp3) is 0.400. The van der Waals surface area contributed by atoms with Gasteiger partial charge >= 0.3 is 12.2 Å². The van der Waals surface area contributed by atoms with Crippen molar-refractivity contribution in [2.45, 2.75) is 38.8 Å². The van der Waals surface area contributed by atoms with Crippen LogP contribution < -0.4 is 10.4 Å². The zero-order valence-corrected chi connectivity index (χ0v) is 14.9. The molecule has 1 atom stereocenters. The van der Waals surface area contributed by atoms with Crippen LogP contribution >= 0.6 is 15.9 Å². The molecule has 1 aliphatic heterocycles. The number of amides is 2. The smallest absolute Gasteiger partial charge is 0.465 e. The number of hydroxylamine groups is 1. The number of halogens is 1. The third-order valence-corrected chi connectivity index (χ3v) is 3.53. The molecule has 1 aliphatic rings. The van der Waals surface area contributed by atoms with Crippen LogP contribution in [-0.4, -0.2) is 34.9 Å². The molecule has 0 aliphatic carbocycles. The first-order valence-corrected chi connectivity index (χ1v) is 7.89. The molecule has 0 radical (unpaired) electrons. The van der Waals surface area contributed by atoms with Crippen molar-refractivity contribution < 1.29 is 29.1 Å². The molecule has 2 N–H and O–H groups in total. The number of anilines is 1. The van der Waals surface area contributed by atoms with Gasteiger partial charge in [0.05, 0.1) is 5.69 Å². The summed E-state index contributed by atoms with van der Waals surface area (Å²) in [5.41, 5.74) is 0.207. The van der Waals surface area contributed by atoms with Crippen molar-refractivity contribution in [3.63, 3.8) is 0 Å². The molecular weight excluding hydrogens is 384 g/mol. The first kappa shape index (κ1) is 18.1. The zero-order chi connectivity index (χ0) is 18.1. The highest BCUT2D eigenvalue weighted by Gasteiger charge is 2.37. The van der Waals surface area contributed by atoms with E-state index in [1.807, 2.05) is 0 Å². The fourth-order valence-electron chi connectivity index (χ4n) is 2.17. The molecule has 130 valence electrons. The number of carbonyl (C=O) groups is 3. The van der Waals surface area contributed by atoms with Crippen LogP contribution in [0.4, 0.5) is 15.3 Å². The number of hydrogen-bond donors (Lipinski definition) is 2. The number of rotatable bonds is 2. The second-order valence-electron chi connectivity index (χ2n) is 6.17. The standard InChI is InChI=1S/C15H17BrN2O6/c1-15(2,3)23-14(22)24-18-11-7-9(16)5-4-8(11)6-10(12(18)19)17-13(20)21/h4-5,7,10,17H,6H2,1-3H3,(H,20,21). The molecule has 0 saturated heterocycles. The molecule has 1 aromatic rings. The second-order valence-corrected chi connectivity index (χ2v) is 7.08. The Balaban J connectivity index is 2.32. The highest BCUT2D eigenvalue weighted by molar-refractivity contribution is 9.10. The van der Waals surface area contributed by atoms with Crippen LogP contribution in [0, 0.1) is 0 Å². The van der Waals surface area contributed by atoms with E-state index in [1.54, 1.807) is 39.0 Å². The molecule has 0 fully saturated rings. The Kier molecular flexibility index (Phi) is 5.02. The van der Waals surface area contributed by atoms with E-state index in [0.29, 0.717) is 15.7 Å². The monoisotopic (exact) mass is 400 g/mol. The van der Waals surface area contributed by atoms with E-state index >= 15 is 0 Å². The SMILES string of the molecule is CC(C)(C)OC(=O)ON1C(=O)C(NC(=O)O)Cc2ccc(Br)cc21. The molecule has 2 amide bonds. The number of nitrogens with one attached hydrogen (secondary N) is 1. The lowest BCUT2D eigenvalue weighted by Gasteiger charge is -2.32. The quantitative estimate of drug-likeness (QED) is 0.739. The maximum atomic E-state index is 12.5. The van der Waals surface area contributed by atoms with Crippen molar-refractivity contribution in [2.75, 3.05) is 5.06 Å². The van der Waals surface area contributed by atoms with E-state index < -0.39 is 29.8 Å². The molecule has 8 nitrogen and oxygen atoms in total. The van der Waals surface area contributed by atoms with E-state index in [9.17, 15) is 14.4 Å². The van der Waals surface area contributed by atoms with E-state index in [0.717, 1.165) is 5.06 Å². The fourth-order valence-corrected chi connectivity index (χ4v) is 2.51. The van der Waals surface area contributed by atoms with Crippen LogP contribution in [0.2, 0.25) is 0 Å². The maximum Gasteiger partial charge on any atom is 0.534 e. The number of carboxylic acid groups (broad SMARTS) is 1. The van der Waals surface area contributed by atoms with Gasteiger partial charge in [0.15, 0.2) is 0 Å². The summed E-state index contributed by atoms with van der Waals surface area (Å²) in [5.74, 6) is -0.700. The van der Waals surface area contributed by atoms with Crippen molar-refractivity contribution in [3.05, 3.63) is 28.2 Å². The predicted octanol–water partition coefficient (Wildman–Crippen LogP) is 2.84. The number of hydrogen-bond acceptors (Lipinski definition) is 5. The van der Waals surface area contributed by atoms with Crippen molar-refractivity contribution in [2.24, 2.45) is 0 Å². The van der Waals surface area contributed by atoms with Crippen LogP contribution in [0.25, 0.3) is 0 Å². The van der Waals surface area contributed by atoms with Gasteiger partial charge in [0.25, 0.3) is 5.91 Å². The minimum Gasteiger partial charge on any atom is -0.465 e. The Morgan fingerprint density at radius 2 is 2.04 bits per heavy atom. The highest BCUT2D eigenvalue weighted by atomic mass is 79.9. The Labute approximate surface area is 146 Å². The average Bonchev–Trinajstić information content (AvgIpc) is 2.41. The lowest BCUT2D eigenvalue weighted by atomic mass is 9.99. The third kappa shape index (κ3) is 4.38. The lowest BCUT2D eigenvalue weighted by Crippen LogP contribution is -2.53. The van der Waals surface area contributed by atoms with Crippen molar-refractivity contribution in [1.82, 2.24) is 5.32 Å². The van der Waals surface area contributed by atoms with Gasteiger partial charge in [-0.1, -0.05) is 22.0 Å². The Morgan fingerprint density at radius 3 is 2.62 bits per heavy atom. The van der Waals surface area contributed by atoms with Crippen molar-refractivity contribution in [1.29, 1.82) is 0 Å². The van der Waals surface area contributed by atoms with E-state index in [2.05, 4.69) is 21.2 Å². The Hall–Kier alpha value is -2.29. The van der Waals surface area contributed by atoms with Crippen LogP contribution in [0.3, 0.4) is 0 Å². The van der Waals surface area contributed by atoms with Crippen LogP contribution in [-0.2, 0) is 20.8 Å². The molecule has 0 aromatic heterocycles. The molecule has 1 unspecified atom stereocenters. The van der Waals surface area contributed by atoms with Gasteiger partial charge < -0.3 is 15.2 Å². The molecule has 0 saturated carbocycles. The lowest BCUT2D eigenvalue weighted by molar-refractivity contribution is -0.128. The number of carbonyl (C=O) groups excluding carboxylic acids is 2. The minimum atomic E-state index is -1.34. The first-order valence-electron chi connectivity index (χ1n) is 7.09. The van der Waals surface area contributed by atoms with E-state index in [4.69, 9.17) is 14.7 Å². The van der Waals surface area contributed by atoms with E-state index in [1.165, 1.54) is 0 Å². The summed E-state index contributed by atoms with van der Waals surface area (Å²) >= 11 is 3.29. The normalized spacial score (nSPS) is 17.1. The largest absolute Gasteiger partial charge is 0.534 e. The Morgan fingerprint density at radius 1 is 1.38 bits per heavy atom. The van der Waals surface area contributed by atoms with Gasteiger partial charge in [0.2, 0.25) is 0 Å². The summed E-state index contributed by atoms with van der Waals surface area (Å²) in [7, 11) is 0. The predicted molar refractivity (Wildman–Crippen MR) is 87.6 cm³/mol. The third-order valence-electron chi connectivity index (χ3n) is 3.04. The van der Waals surface area contributed by atoms with Gasteiger partial charge in [-0.05, 0) is 38.5 Å². The van der Waals surface area contributed by atoms with Gasteiger partial charge in [-0.3, -0.25) is 9.63 Å². The van der Waals surface area contributed by atoms with Crippen molar-refractivity contribution in [3.8, 4) is 0 Å². The summed E-state index contributed by atoms with van der Waals surface area (Å²) in [5, 5.41) is 11.8.